The van der Waals surface area contributed by atoms with Gasteiger partial charge in [0, 0.05) is 5.39 Å². The van der Waals surface area contributed by atoms with Crippen LogP contribution in [0.1, 0.15) is 63.0 Å². The van der Waals surface area contributed by atoms with Crippen molar-refractivity contribution in [3.8, 4) is 0 Å². The fraction of sp³-hybridized carbons (Fsp3) is 0.500. The summed E-state index contributed by atoms with van der Waals surface area (Å²) in [5.74, 6) is 1.56. The van der Waals surface area contributed by atoms with Crippen molar-refractivity contribution >= 4 is 10.8 Å². The Bertz CT molecular complexity index is 621. The van der Waals surface area contributed by atoms with Crippen molar-refractivity contribution in [1.82, 2.24) is 0 Å². The molecule has 2 aromatic rings. The van der Waals surface area contributed by atoms with E-state index in [4.69, 9.17) is 0 Å². The number of hydrogen-bond donors (Lipinski definition) is 0. The van der Waals surface area contributed by atoms with Crippen molar-refractivity contribution in [2.24, 2.45) is 5.92 Å². The molecule has 0 nitrogen and oxygen atoms in total. The Labute approximate surface area is 127 Å². The molecule has 1 heteroatoms. The minimum Gasteiger partial charge on any atom is -0.206 e. The summed E-state index contributed by atoms with van der Waals surface area (Å²) in [5, 5.41) is 1.83. The Balaban J connectivity index is 1.88. The maximum Gasteiger partial charge on any atom is 0.134 e. The third kappa shape index (κ3) is 2.84. The highest BCUT2D eigenvalue weighted by molar-refractivity contribution is 5.84. The summed E-state index contributed by atoms with van der Waals surface area (Å²) in [6, 6.07) is 10.4. The van der Waals surface area contributed by atoms with Crippen molar-refractivity contribution < 1.29 is 4.39 Å². The van der Waals surface area contributed by atoms with Gasteiger partial charge < -0.3 is 0 Å². The van der Waals surface area contributed by atoms with Gasteiger partial charge in [-0.1, -0.05) is 50.6 Å². The van der Waals surface area contributed by atoms with Crippen molar-refractivity contribution in [3.05, 3.63) is 47.3 Å². The molecule has 1 aliphatic carbocycles. The average molecular weight is 284 g/mol. The van der Waals surface area contributed by atoms with Gasteiger partial charge in [-0.15, -0.1) is 0 Å². The molecule has 0 N–H and O–H groups in total. The summed E-state index contributed by atoms with van der Waals surface area (Å²) in [6.45, 7) is 4.31. The molecule has 0 radical (unpaired) electrons. The molecule has 0 amide bonds. The molecule has 3 rings (SSSR count). The van der Waals surface area contributed by atoms with E-state index < -0.39 is 0 Å². The van der Waals surface area contributed by atoms with E-state index in [9.17, 15) is 4.39 Å². The molecule has 112 valence electrons. The lowest BCUT2D eigenvalue weighted by Gasteiger charge is -2.28. The number of fused-ring (bicyclic) bond motifs is 1. The molecular formula is C20H25F. The fourth-order valence-corrected chi connectivity index (χ4v) is 3.79. The summed E-state index contributed by atoms with van der Waals surface area (Å²) in [6.07, 6.45) is 7.35. The second-order valence-electron chi connectivity index (χ2n) is 6.50. The van der Waals surface area contributed by atoms with Crippen LogP contribution >= 0.6 is 0 Å². The second-order valence-corrected chi connectivity index (χ2v) is 6.50. The summed E-state index contributed by atoms with van der Waals surface area (Å²) in [4.78, 5) is 0. The minimum absolute atomic E-state index is 0.0313. The van der Waals surface area contributed by atoms with Gasteiger partial charge in [0.25, 0.3) is 0 Å². The quantitative estimate of drug-likeness (QED) is 0.627. The van der Waals surface area contributed by atoms with E-state index in [-0.39, 0.29) is 5.82 Å². The molecule has 0 aliphatic heterocycles. The lowest BCUT2D eigenvalue weighted by Crippen LogP contribution is -2.12. The zero-order chi connectivity index (χ0) is 14.8. The summed E-state index contributed by atoms with van der Waals surface area (Å²) >= 11 is 0. The smallest absolute Gasteiger partial charge is 0.134 e. The summed E-state index contributed by atoms with van der Waals surface area (Å²) in [7, 11) is 0. The van der Waals surface area contributed by atoms with Gasteiger partial charge >= 0.3 is 0 Å². The molecule has 0 atom stereocenters. The number of hydrogen-bond acceptors (Lipinski definition) is 0. The highest BCUT2D eigenvalue weighted by Crippen LogP contribution is 2.38. The van der Waals surface area contributed by atoms with E-state index in [1.54, 1.807) is 0 Å². The van der Waals surface area contributed by atoms with Gasteiger partial charge in [0.2, 0.25) is 0 Å². The van der Waals surface area contributed by atoms with Crippen molar-refractivity contribution in [3.63, 3.8) is 0 Å². The van der Waals surface area contributed by atoms with E-state index in [2.05, 4.69) is 25.1 Å². The van der Waals surface area contributed by atoms with Gasteiger partial charge in [0.15, 0.2) is 0 Å². The Kier molecular flexibility index (Phi) is 4.28. The first-order valence-corrected chi connectivity index (χ1v) is 8.44. The Morgan fingerprint density at radius 3 is 2.43 bits per heavy atom. The molecule has 1 fully saturated rings. The molecule has 21 heavy (non-hydrogen) atoms. The Morgan fingerprint density at radius 2 is 1.76 bits per heavy atom. The van der Waals surface area contributed by atoms with Crippen LogP contribution in [0.25, 0.3) is 10.8 Å². The first-order valence-electron chi connectivity index (χ1n) is 8.44. The first-order chi connectivity index (χ1) is 10.2. The number of rotatable bonds is 3. The van der Waals surface area contributed by atoms with Gasteiger partial charge in [-0.05, 0) is 60.5 Å². The molecular weight excluding hydrogens is 259 g/mol. The van der Waals surface area contributed by atoms with Gasteiger partial charge in [-0.25, -0.2) is 4.39 Å². The fourth-order valence-electron chi connectivity index (χ4n) is 3.79. The van der Waals surface area contributed by atoms with E-state index >= 15 is 0 Å². The zero-order valence-electron chi connectivity index (χ0n) is 13.2. The highest BCUT2D eigenvalue weighted by atomic mass is 19.1. The predicted octanol–water partition coefficient (Wildman–Crippen LogP) is 6.23. The first kappa shape index (κ1) is 14.6. The van der Waals surface area contributed by atoms with Crippen LogP contribution in [0.3, 0.4) is 0 Å². The number of halogens is 1. The summed E-state index contributed by atoms with van der Waals surface area (Å²) in [5.41, 5.74) is 2.22. The van der Waals surface area contributed by atoms with E-state index in [0.717, 1.165) is 28.7 Å². The van der Waals surface area contributed by atoms with Gasteiger partial charge in [-0.3, -0.25) is 0 Å². The standard InChI is InChI=1S/C20H25F/c1-3-14-5-7-16(8-6-14)17-11-12-19-18(13-17)10-9-15(4-2)20(19)21/h9-14,16H,3-8H2,1-2H3. The van der Waals surface area contributed by atoms with Gasteiger partial charge in [0.1, 0.15) is 5.82 Å². The molecule has 0 aromatic heterocycles. The van der Waals surface area contributed by atoms with Crippen LogP contribution in [-0.2, 0) is 6.42 Å². The molecule has 2 aromatic carbocycles. The SMILES string of the molecule is CCc1ccc2cc(C3CCC(CC)CC3)ccc2c1F. The van der Waals surface area contributed by atoms with Crippen LogP contribution in [0.2, 0.25) is 0 Å². The van der Waals surface area contributed by atoms with Crippen molar-refractivity contribution in [2.75, 3.05) is 0 Å². The van der Waals surface area contributed by atoms with Crippen LogP contribution < -0.4 is 0 Å². The minimum atomic E-state index is -0.0313. The van der Waals surface area contributed by atoms with Crippen LogP contribution in [-0.4, -0.2) is 0 Å². The van der Waals surface area contributed by atoms with E-state index in [1.165, 1.54) is 37.7 Å². The summed E-state index contributed by atoms with van der Waals surface area (Å²) < 4.78 is 14.3. The molecule has 1 saturated carbocycles. The average Bonchev–Trinajstić information content (AvgIpc) is 2.55. The molecule has 0 bridgehead atoms. The van der Waals surface area contributed by atoms with Crippen LogP contribution in [0.4, 0.5) is 4.39 Å². The molecule has 0 spiro atoms. The molecule has 1 aliphatic rings. The lowest BCUT2D eigenvalue weighted by atomic mass is 9.77. The van der Waals surface area contributed by atoms with Crippen LogP contribution in [0, 0.1) is 11.7 Å². The highest BCUT2D eigenvalue weighted by Gasteiger charge is 2.21. The maximum absolute atomic E-state index is 14.3. The molecule has 0 heterocycles. The van der Waals surface area contributed by atoms with E-state index in [0.29, 0.717) is 5.92 Å². The van der Waals surface area contributed by atoms with E-state index in [1.807, 2.05) is 19.1 Å². The zero-order valence-corrected chi connectivity index (χ0v) is 13.2. The third-order valence-electron chi connectivity index (χ3n) is 5.33. The Hall–Kier alpha value is -1.37. The monoisotopic (exact) mass is 284 g/mol. The normalized spacial score (nSPS) is 22.6. The lowest BCUT2D eigenvalue weighted by molar-refractivity contribution is 0.319. The topological polar surface area (TPSA) is 0 Å². The van der Waals surface area contributed by atoms with Gasteiger partial charge in [0.05, 0.1) is 0 Å². The number of benzene rings is 2. The maximum atomic E-state index is 14.3. The largest absolute Gasteiger partial charge is 0.206 e. The third-order valence-corrected chi connectivity index (χ3v) is 5.33. The second kappa shape index (κ2) is 6.17. The predicted molar refractivity (Wildman–Crippen MR) is 88.3 cm³/mol. The van der Waals surface area contributed by atoms with Crippen LogP contribution in [0.15, 0.2) is 30.3 Å². The van der Waals surface area contributed by atoms with Gasteiger partial charge in [-0.2, -0.15) is 0 Å². The number of aryl methyl sites for hydroxylation is 1. The molecule has 0 unspecified atom stereocenters. The van der Waals surface area contributed by atoms with Crippen LogP contribution in [0.5, 0.6) is 0 Å². The van der Waals surface area contributed by atoms with Crippen molar-refractivity contribution in [2.45, 2.75) is 58.3 Å². The molecule has 0 saturated heterocycles. The van der Waals surface area contributed by atoms with Crippen molar-refractivity contribution in [1.29, 1.82) is 0 Å². The Morgan fingerprint density at radius 1 is 1.00 bits per heavy atom.